The quantitative estimate of drug-likeness (QED) is 0.364. The van der Waals surface area contributed by atoms with Gasteiger partial charge in [-0.05, 0) is 32.4 Å². The second-order valence-corrected chi connectivity index (χ2v) is 10.2. The van der Waals surface area contributed by atoms with Gasteiger partial charge < -0.3 is 5.32 Å². The van der Waals surface area contributed by atoms with Crippen molar-refractivity contribution in [3.8, 4) is 17.2 Å². The Morgan fingerprint density at radius 3 is 2.70 bits per heavy atom. The third-order valence-electron chi connectivity index (χ3n) is 5.88. The van der Waals surface area contributed by atoms with Crippen molar-refractivity contribution in [1.82, 2.24) is 29.7 Å². The molecule has 4 aromatic heterocycles. The first-order chi connectivity index (χ1) is 16.0. The summed E-state index contributed by atoms with van der Waals surface area (Å²) in [7, 11) is 0. The molecule has 10 heteroatoms. The first-order valence-corrected chi connectivity index (χ1v) is 12.3. The number of nitrogens with one attached hydrogen (secondary N) is 1. The van der Waals surface area contributed by atoms with Crippen LogP contribution in [0.2, 0.25) is 10.0 Å². The molecule has 1 aliphatic rings. The van der Waals surface area contributed by atoms with Crippen LogP contribution < -0.4 is 5.32 Å². The number of nitriles is 1. The van der Waals surface area contributed by atoms with Crippen molar-refractivity contribution in [3.05, 3.63) is 64.4 Å². The van der Waals surface area contributed by atoms with E-state index in [1.54, 1.807) is 34.9 Å². The summed E-state index contributed by atoms with van der Waals surface area (Å²) >= 11 is 14.4. The molecule has 0 radical (unpaired) electrons. The molecule has 33 heavy (non-hydrogen) atoms. The van der Waals surface area contributed by atoms with Gasteiger partial charge in [-0.25, -0.2) is 4.52 Å². The standard InChI is InChI=1S/C23H21Cl2N7S/c1-14(22-19(24)10-28-11-20(22)25)33-21-5-15(12-32-23(21)16(6-26)7-30-32)17-8-29-31(13-17)18-3-2-4-27-9-18/h5,7-8,10-14,18,27H,2-4,9H2,1H3. The van der Waals surface area contributed by atoms with Gasteiger partial charge in [-0.15, -0.1) is 11.8 Å². The van der Waals surface area contributed by atoms with Crippen LogP contribution in [0.4, 0.5) is 0 Å². The van der Waals surface area contributed by atoms with Gasteiger partial charge in [-0.2, -0.15) is 15.5 Å². The monoisotopic (exact) mass is 497 g/mol. The van der Waals surface area contributed by atoms with Gasteiger partial charge in [-0.1, -0.05) is 23.2 Å². The predicted molar refractivity (Wildman–Crippen MR) is 131 cm³/mol. The minimum absolute atomic E-state index is 0.0653. The molecule has 0 aliphatic carbocycles. The summed E-state index contributed by atoms with van der Waals surface area (Å²) in [4.78, 5) is 4.97. The smallest absolute Gasteiger partial charge is 0.103 e. The van der Waals surface area contributed by atoms with Gasteiger partial charge in [0, 0.05) is 58.2 Å². The molecule has 0 spiro atoms. The van der Waals surface area contributed by atoms with Gasteiger partial charge in [0.05, 0.1) is 39.6 Å². The Hall–Kier alpha value is -2.57. The first-order valence-electron chi connectivity index (χ1n) is 10.7. The second-order valence-electron chi connectivity index (χ2n) is 8.04. The van der Waals surface area contributed by atoms with Crippen LogP contribution >= 0.6 is 35.0 Å². The lowest BCUT2D eigenvalue weighted by Gasteiger charge is -2.22. The number of hydrogen-bond acceptors (Lipinski definition) is 6. The minimum Gasteiger partial charge on any atom is -0.315 e. The zero-order valence-electron chi connectivity index (χ0n) is 17.9. The maximum Gasteiger partial charge on any atom is 0.103 e. The lowest BCUT2D eigenvalue weighted by molar-refractivity contribution is 0.347. The molecule has 0 amide bonds. The van der Waals surface area contributed by atoms with E-state index >= 15 is 0 Å². The highest BCUT2D eigenvalue weighted by Gasteiger charge is 2.21. The molecular weight excluding hydrogens is 477 g/mol. The highest BCUT2D eigenvalue weighted by atomic mass is 35.5. The third kappa shape index (κ3) is 4.34. The molecule has 5 heterocycles. The molecule has 0 saturated carbocycles. The second kappa shape index (κ2) is 9.35. The van der Waals surface area contributed by atoms with E-state index in [9.17, 15) is 5.26 Å². The molecule has 1 saturated heterocycles. The van der Waals surface area contributed by atoms with Crippen molar-refractivity contribution in [2.24, 2.45) is 0 Å². The summed E-state index contributed by atoms with van der Waals surface area (Å²) < 4.78 is 3.81. The number of fused-ring (bicyclic) bond motifs is 1. The van der Waals surface area contributed by atoms with Crippen molar-refractivity contribution >= 4 is 40.5 Å². The van der Waals surface area contributed by atoms with E-state index in [2.05, 4.69) is 38.8 Å². The van der Waals surface area contributed by atoms with Gasteiger partial charge in [-0.3, -0.25) is 9.67 Å². The topological polar surface area (TPSA) is 83.8 Å². The fourth-order valence-electron chi connectivity index (χ4n) is 4.22. The first kappa shape index (κ1) is 22.2. The summed E-state index contributed by atoms with van der Waals surface area (Å²) in [5, 5.41) is 23.1. The van der Waals surface area contributed by atoms with Crippen LogP contribution in [0.5, 0.6) is 0 Å². The van der Waals surface area contributed by atoms with Gasteiger partial charge >= 0.3 is 0 Å². The molecule has 1 aliphatic heterocycles. The Morgan fingerprint density at radius 1 is 1.15 bits per heavy atom. The molecule has 4 aromatic rings. The molecule has 0 bridgehead atoms. The van der Waals surface area contributed by atoms with E-state index in [4.69, 9.17) is 23.2 Å². The number of rotatable bonds is 5. The van der Waals surface area contributed by atoms with Crippen LogP contribution in [0.3, 0.4) is 0 Å². The number of nitrogens with zero attached hydrogens (tertiary/aromatic N) is 6. The van der Waals surface area contributed by atoms with Crippen molar-refractivity contribution in [2.45, 2.75) is 36.0 Å². The molecule has 168 valence electrons. The lowest BCUT2D eigenvalue weighted by Crippen LogP contribution is -2.31. The predicted octanol–water partition coefficient (Wildman–Crippen LogP) is 5.55. The minimum atomic E-state index is -0.0653. The van der Waals surface area contributed by atoms with E-state index in [0.717, 1.165) is 53.0 Å². The largest absolute Gasteiger partial charge is 0.315 e. The number of aromatic nitrogens is 5. The van der Waals surface area contributed by atoms with Crippen LogP contribution in [0.1, 0.15) is 42.2 Å². The molecule has 1 fully saturated rings. The van der Waals surface area contributed by atoms with E-state index in [1.165, 1.54) is 0 Å². The van der Waals surface area contributed by atoms with E-state index < -0.39 is 0 Å². The van der Waals surface area contributed by atoms with E-state index in [-0.39, 0.29) is 5.25 Å². The summed E-state index contributed by atoms with van der Waals surface area (Å²) in [6.45, 7) is 4.03. The number of pyridine rings is 2. The average molecular weight is 498 g/mol. The molecular formula is C23H21Cl2N7S. The van der Waals surface area contributed by atoms with Crippen molar-refractivity contribution in [3.63, 3.8) is 0 Å². The Balaban J connectivity index is 1.55. The van der Waals surface area contributed by atoms with Crippen LogP contribution in [-0.2, 0) is 0 Å². The van der Waals surface area contributed by atoms with Gasteiger partial charge in [0.25, 0.3) is 0 Å². The van der Waals surface area contributed by atoms with Crippen LogP contribution in [0, 0.1) is 11.3 Å². The average Bonchev–Trinajstić information content (AvgIpc) is 3.47. The number of piperidine rings is 1. The van der Waals surface area contributed by atoms with Crippen LogP contribution in [0.15, 0.2) is 48.1 Å². The van der Waals surface area contributed by atoms with Crippen molar-refractivity contribution < 1.29 is 0 Å². The molecule has 2 unspecified atom stereocenters. The van der Waals surface area contributed by atoms with Gasteiger partial charge in [0.1, 0.15) is 6.07 Å². The summed E-state index contributed by atoms with van der Waals surface area (Å²) in [6, 6.07) is 4.69. The molecule has 2 atom stereocenters. The molecule has 7 nitrogen and oxygen atoms in total. The third-order valence-corrected chi connectivity index (χ3v) is 7.63. The highest BCUT2D eigenvalue weighted by Crippen LogP contribution is 2.43. The maximum atomic E-state index is 9.64. The zero-order valence-corrected chi connectivity index (χ0v) is 20.2. The number of thioether (sulfide) groups is 1. The van der Waals surface area contributed by atoms with Crippen molar-refractivity contribution in [1.29, 1.82) is 5.26 Å². The molecule has 5 rings (SSSR count). The number of hydrogen-bond donors (Lipinski definition) is 1. The normalized spacial score (nSPS) is 17.2. The number of halogens is 2. The summed E-state index contributed by atoms with van der Waals surface area (Å²) in [5.41, 5.74) is 4.09. The van der Waals surface area contributed by atoms with Crippen molar-refractivity contribution in [2.75, 3.05) is 13.1 Å². The highest BCUT2D eigenvalue weighted by molar-refractivity contribution is 7.99. The Kier molecular flexibility index (Phi) is 6.30. The Labute approximate surface area is 205 Å². The fourth-order valence-corrected chi connectivity index (χ4v) is 6.30. The van der Waals surface area contributed by atoms with Crippen LogP contribution in [-0.4, -0.2) is 37.5 Å². The van der Waals surface area contributed by atoms with Gasteiger partial charge in [0.2, 0.25) is 0 Å². The lowest BCUT2D eigenvalue weighted by atomic mass is 10.1. The molecule has 1 N–H and O–H groups in total. The Bertz CT molecular complexity index is 1330. The SMILES string of the molecule is CC(Sc1cc(-c2cnn(C3CCCNC3)c2)cn2ncc(C#N)c12)c1c(Cl)cncc1Cl. The van der Waals surface area contributed by atoms with Crippen LogP contribution in [0.25, 0.3) is 16.6 Å². The van der Waals surface area contributed by atoms with E-state index in [1.807, 2.05) is 24.0 Å². The Morgan fingerprint density at radius 2 is 1.97 bits per heavy atom. The zero-order chi connectivity index (χ0) is 22.9. The molecule has 0 aromatic carbocycles. The summed E-state index contributed by atoms with van der Waals surface area (Å²) in [5.74, 6) is 0. The van der Waals surface area contributed by atoms with Gasteiger partial charge in [0.15, 0.2) is 0 Å². The maximum absolute atomic E-state index is 9.64. The van der Waals surface area contributed by atoms with E-state index in [0.29, 0.717) is 21.7 Å². The summed E-state index contributed by atoms with van der Waals surface area (Å²) in [6.07, 6.45) is 13.0. The fraction of sp³-hybridized carbons (Fsp3) is 0.304.